The molecule has 1 heterocycles. The topological polar surface area (TPSA) is 34.9 Å². The van der Waals surface area contributed by atoms with Gasteiger partial charge in [0.05, 0.1) is 10.7 Å². The van der Waals surface area contributed by atoms with Gasteiger partial charge in [-0.05, 0) is 24.4 Å². The first kappa shape index (κ1) is 9.03. The summed E-state index contributed by atoms with van der Waals surface area (Å²) in [4.78, 5) is 11.0. The van der Waals surface area contributed by atoms with Gasteiger partial charge in [0.15, 0.2) is 0 Å². The van der Waals surface area contributed by atoms with Crippen LogP contribution in [0.25, 0.3) is 0 Å². The molecular weight excluding hydrogens is 211 g/mol. The lowest BCUT2D eigenvalue weighted by molar-refractivity contribution is 0.107. The highest BCUT2D eigenvalue weighted by Gasteiger charge is 2.31. The number of halogens is 2. The van der Waals surface area contributed by atoms with Crippen LogP contribution in [0.2, 0.25) is 5.02 Å². The third-order valence-corrected chi connectivity index (χ3v) is 2.72. The predicted molar refractivity (Wildman–Crippen MR) is 50.4 cm³/mol. The maximum Gasteiger partial charge on any atom is 0.272 e. The zero-order valence-electron chi connectivity index (χ0n) is 7.05. The Balaban J connectivity index is 2.50. The number of hydrogen-bond acceptors (Lipinski definition) is 2. The average Bonchev–Trinajstić information content (AvgIpc) is 2.78. The molecule has 1 fully saturated rings. The van der Waals surface area contributed by atoms with Crippen LogP contribution in [0.1, 0.15) is 34.9 Å². The van der Waals surface area contributed by atoms with Gasteiger partial charge >= 0.3 is 0 Å². The van der Waals surface area contributed by atoms with E-state index < -0.39 is 5.24 Å². The highest BCUT2D eigenvalue weighted by atomic mass is 35.5. The van der Waals surface area contributed by atoms with Gasteiger partial charge in [0, 0.05) is 13.0 Å². The van der Waals surface area contributed by atoms with Crippen LogP contribution in [0.4, 0.5) is 0 Å². The summed E-state index contributed by atoms with van der Waals surface area (Å²) < 4.78 is 1.45. The van der Waals surface area contributed by atoms with Crippen molar-refractivity contribution in [1.82, 2.24) is 9.78 Å². The Morgan fingerprint density at radius 2 is 2.23 bits per heavy atom. The number of aromatic nitrogens is 2. The normalized spacial score (nSPS) is 16.2. The maximum absolute atomic E-state index is 11.0. The van der Waals surface area contributed by atoms with Crippen LogP contribution in [0.15, 0.2) is 0 Å². The molecule has 1 aromatic rings. The molecule has 1 aliphatic carbocycles. The summed E-state index contributed by atoms with van der Waals surface area (Å²) in [7, 11) is 1.67. The third kappa shape index (κ3) is 1.46. The molecule has 0 spiro atoms. The molecule has 0 unspecified atom stereocenters. The molecular formula is C8H8Cl2N2O. The van der Waals surface area contributed by atoms with Gasteiger partial charge in [-0.1, -0.05) is 11.6 Å². The molecule has 70 valence electrons. The van der Waals surface area contributed by atoms with E-state index in [1.807, 2.05) is 0 Å². The Morgan fingerprint density at radius 3 is 2.62 bits per heavy atom. The van der Waals surface area contributed by atoms with Crippen LogP contribution in [-0.2, 0) is 7.05 Å². The number of hydrogen-bond donors (Lipinski definition) is 0. The second-order valence-electron chi connectivity index (χ2n) is 3.22. The van der Waals surface area contributed by atoms with Crippen molar-refractivity contribution in [3.63, 3.8) is 0 Å². The summed E-state index contributed by atoms with van der Waals surface area (Å²) in [6.45, 7) is 0. The Hall–Kier alpha value is -0.540. The Kier molecular flexibility index (Phi) is 2.08. The van der Waals surface area contributed by atoms with E-state index >= 15 is 0 Å². The van der Waals surface area contributed by atoms with E-state index in [0.29, 0.717) is 16.6 Å². The molecule has 0 atom stereocenters. The molecule has 3 nitrogen and oxygen atoms in total. The minimum absolute atomic E-state index is 0.297. The molecule has 0 aliphatic heterocycles. The molecule has 0 N–H and O–H groups in total. The minimum Gasteiger partial charge on any atom is -0.274 e. The van der Waals surface area contributed by atoms with E-state index in [1.54, 1.807) is 7.05 Å². The van der Waals surface area contributed by atoms with Gasteiger partial charge in [-0.2, -0.15) is 5.10 Å². The fraction of sp³-hybridized carbons (Fsp3) is 0.500. The number of aryl methyl sites for hydroxylation is 1. The SMILES string of the molecule is Cn1nc(C2CC2)c(Cl)c1C(=O)Cl. The van der Waals surface area contributed by atoms with Crippen molar-refractivity contribution < 1.29 is 4.79 Å². The van der Waals surface area contributed by atoms with Gasteiger partial charge in [-0.3, -0.25) is 9.48 Å². The number of carbonyl (C=O) groups is 1. The molecule has 0 saturated heterocycles. The summed E-state index contributed by atoms with van der Waals surface area (Å²) >= 11 is 11.3. The third-order valence-electron chi connectivity index (χ3n) is 2.16. The molecule has 0 amide bonds. The van der Waals surface area contributed by atoms with Gasteiger partial charge in [-0.25, -0.2) is 0 Å². The summed E-state index contributed by atoms with van der Waals surface area (Å²) in [5.41, 5.74) is 1.11. The highest BCUT2D eigenvalue weighted by molar-refractivity contribution is 6.68. The first-order valence-corrected chi connectivity index (χ1v) is 4.79. The van der Waals surface area contributed by atoms with Crippen molar-refractivity contribution in [2.75, 3.05) is 0 Å². The quantitative estimate of drug-likeness (QED) is 0.715. The standard InChI is InChI=1S/C8H8Cl2N2O/c1-12-7(8(10)13)5(9)6(11-12)4-2-3-4/h4H,2-3H2,1H3. The first-order chi connectivity index (χ1) is 6.11. The van der Waals surface area contributed by atoms with Crippen LogP contribution in [-0.4, -0.2) is 15.0 Å². The van der Waals surface area contributed by atoms with Crippen molar-refractivity contribution in [1.29, 1.82) is 0 Å². The zero-order chi connectivity index (χ0) is 9.59. The highest BCUT2D eigenvalue weighted by Crippen LogP contribution is 2.43. The lowest BCUT2D eigenvalue weighted by Crippen LogP contribution is -2.01. The monoisotopic (exact) mass is 218 g/mol. The Labute approximate surface area is 85.6 Å². The fourth-order valence-corrected chi connectivity index (χ4v) is 2.02. The van der Waals surface area contributed by atoms with E-state index in [2.05, 4.69) is 5.10 Å². The molecule has 1 saturated carbocycles. The van der Waals surface area contributed by atoms with E-state index in [4.69, 9.17) is 23.2 Å². The molecule has 2 rings (SSSR count). The summed E-state index contributed by atoms with van der Waals surface area (Å²) in [5, 5.41) is 4.05. The number of carbonyl (C=O) groups excluding carboxylic acids is 1. The lowest BCUT2D eigenvalue weighted by atomic mass is 10.3. The van der Waals surface area contributed by atoms with Crippen LogP contribution in [0.5, 0.6) is 0 Å². The second kappa shape index (κ2) is 3.00. The smallest absolute Gasteiger partial charge is 0.272 e. The average molecular weight is 219 g/mol. The van der Waals surface area contributed by atoms with Gasteiger partial charge in [0.1, 0.15) is 5.69 Å². The largest absolute Gasteiger partial charge is 0.274 e. The Morgan fingerprint density at radius 1 is 1.62 bits per heavy atom. The molecule has 0 aromatic carbocycles. The molecule has 0 bridgehead atoms. The fourth-order valence-electron chi connectivity index (χ4n) is 1.35. The van der Waals surface area contributed by atoms with Crippen molar-refractivity contribution in [2.24, 2.45) is 7.05 Å². The number of rotatable bonds is 2. The van der Waals surface area contributed by atoms with E-state index in [-0.39, 0.29) is 0 Å². The van der Waals surface area contributed by atoms with Gasteiger partial charge in [0.25, 0.3) is 5.24 Å². The Bertz CT molecular complexity index is 368. The van der Waals surface area contributed by atoms with E-state index in [9.17, 15) is 4.79 Å². The first-order valence-electron chi connectivity index (χ1n) is 4.03. The summed E-state index contributed by atoms with van der Waals surface area (Å²) in [6, 6.07) is 0. The molecule has 1 aromatic heterocycles. The molecule has 5 heteroatoms. The van der Waals surface area contributed by atoms with Crippen molar-refractivity contribution in [3.8, 4) is 0 Å². The second-order valence-corrected chi connectivity index (χ2v) is 3.94. The van der Waals surface area contributed by atoms with Crippen molar-refractivity contribution >= 4 is 28.4 Å². The predicted octanol–water partition coefficient (Wildman–Crippen LogP) is 2.33. The van der Waals surface area contributed by atoms with Gasteiger partial charge in [-0.15, -0.1) is 0 Å². The van der Waals surface area contributed by atoms with Crippen LogP contribution >= 0.6 is 23.2 Å². The lowest BCUT2D eigenvalue weighted by Gasteiger charge is -1.92. The molecule has 0 radical (unpaired) electrons. The maximum atomic E-state index is 11.0. The van der Waals surface area contributed by atoms with Gasteiger partial charge < -0.3 is 0 Å². The van der Waals surface area contributed by atoms with Gasteiger partial charge in [0.2, 0.25) is 0 Å². The minimum atomic E-state index is -0.549. The molecule has 13 heavy (non-hydrogen) atoms. The molecule has 1 aliphatic rings. The van der Waals surface area contributed by atoms with E-state index in [0.717, 1.165) is 18.5 Å². The van der Waals surface area contributed by atoms with Crippen LogP contribution < -0.4 is 0 Å². The van der Waals surface area contributed by atoms with Crippen molar-refractivity contribution in [2.45, 2.75) is 18.8 Å². The van der Waals surface area contributed by atoms with E-state index in [1.165, 1.54) is 4.68 Å². The van der Waals surface area contributed by atoms with Crippen molar-refractivity contribution in [3.05, 3.63) is 16.4 Å². The number of nitrogens with zero attached hydrogens (tertiary/aromatic N) is 2. The summed E-state index contributed by atoms with van der Waals surface area (Å²) in [5.74, 6) is 0.434. The summed E-state index contributed by atoms with van der Waals surface area (Å²) in [6.07, 6.45) is 2.21. The van der Waals surface area contributed by atoms with Crippen LogP contribution in [0, 0.1) is 0 Å². The zero-order valence-corrected chi connectivity index (χ0v) is 8.56. The van der Waals surface area contributed by atoms with Crippen LogP contribution in [0.3, 0.4) is 0 Å².